The zero-order chi connectivity index (χ0) is 27.0. The molecule has 2 aromatic carbocycles. The Kier molecular flexibility index (Phi) is 9.08. The SMILES string of the molecule is CC(=O)NCCN(c1cccc(COC2CCN(CCc3ccccc3Cl)CC2)c1)c1ncnc2[nH]ccc12. The number of nitrogens with one attached hydrogen (secondary N) is 2. The zero-order valence-electron chi connectivity index (χ0n) is 22.3. The molecule has 3 heterocycles. The molecular formula is C30H35ClN6O2. The molecule has 39 heavy (non-hydrogen) atoms. The van der Waals surface area contributed by atoms with Gasteiger partial charge in [-0.15, -0.1) is 0 Å². The van der Waals surface area contributed by atoms with E-state index in [0.717, 1.165) is 72.0 Å². The van der Waals surface area contributed by atoms with Crippen LogP contribution in [0.15, 0.2) is 67.1 Å². The lowest BCUT2D eigenvalue weighted by Gasteiger charge is -2.32. The smallest absolute Gasteiger partial charge is 0.216 e. The number of carbonyl (C=O) groups excluding carboxylic acids is 1. The van der Waals surface area contributed by atoms with Crippen molar-refractivity contribution < 1.29 is 9.53 Å². The molecule has 0 aliphatic carbocycles. The summed E-state index contributed by atoms with van der Waals surface area (Å²) in [5.74, 6) is 0.746. The summed E-state index contributed by atoms with van der Waals surface area (Å²) in [5, 5.41) is 4.68. The number of carbonyl (C=O) groups is 1. The Morgan fingerprint density at radius 1 is 1.15 bits per heavy atom. The van der Waals surface area contributed by atoms with E-state index in [0.29, 0.717) is 19.7 Å². The summed E-state index contributed by atoms with van der Waals surface area (Å²) in [5.41, 5.74) is 4.10. The van der Waals surface area contributed by atoms with Crippen LogP contribution in [0.4, 0.5) is 11.5 Å². The molecule has 0 bridgehead atoms. The minimum Gasteiger partial charge on any atom is -0.373 e. The lowest BCUT2D eigenvalue weighted by Crippen LogP contribution is -2.38. The third-order valence-corrected chi connectivity index (χ3v) is 7.56. The topological polar surface area (TPSA) is 86.4 Å². The van der Waals surface area contributed by atoms with E-state index in [1.54, 1.807) is 6.33 Å². The van der Waals surface area contributed by atoms with E-state index in [9.17, 15) is 4.79 Å². The summed E-state index contributed by atoms with van der Waals surface area (Å²) in [6.07, 6.45) is 6.70. The average molecular weight is 547 g/mol. The van der Waals surface area contributed by atoms with Crippen LogP contribution in [0.2, 0.25) is 5.02 Å². The van der Waals surface area contributed by atoms with Crippen LogP contribution in [0.5, 0.6) is 0 Å². The van der Waals surface area contributed by atoms with Crippen LogP contribution >= 0.6 is 11.6 Å². The average Bonchev–Trinajstić information content (AvgIpc) is 3.44. The van der Waals surface area contributed by atoms with E-state index >= 15 is 0 Å². The van der Waals surface area contributed by atoms with Gasteiger partial charge in [0.15, 0.2) is 0 Å². The first-order chi connectivity index (χ1) is 19.1. The second-order valence-corrected chi connectivity index (χ2v) is 10.3. The van der Waals surface area contributed by atoms with Crippen molar-refractivity contribution in [2.45, 2.75) is 38.9 Å². The van der Waals surface area contributed by atoms with Crippen LogP contribution in [0.25, 0.3) is 11.0 Å². The van der Waals surface area contributed by atoms with Gasteiger partial charge in [-0.05, 0) is 54.7 Å². The van der Waals surface area contributed by atoms with Crippen LogP contribution < -0.4 is 10.2 Å². The van der Waals surface area contributed by atoms with Gasteiger partial charge in [-0.25, -0.2) is 9.97 Å². The predicted molar refractivity (Wildman–Crippen MR) is 155 cm³/mol. The highest BCUT2D eigenvalue weighted by Crippen LogP contribution is 2.30. The van der Waals surface area contributed by atoms with E-state index in [2.05, 4.69) is 54.3 Å². The predicted octanol–water partition coefficient (Wildman–Crippen LogP) is 5.11. The molecule has 4 aromatic rings. The number of ether oxygens (including phenoxy) is 1. The monoisotopic (exact) mass is 546 g/mol. The van der Waals surface area contributed by atoms with Crippen molar-refractivity contribution in [2.75, 3.05) is 37.6 Å². The van der Waals surface area contributed by atoms with Crippen molar-refractivity contribution in [3.63, 3.8) is 0 Å². The first-order valence-electron chi connectivity index (χ1n) is 13.5. The zero-order valence-corrected chi connectivity index (χ0v) is 23.0. The number of benzene rings is 2. The standard InChI is InChI=1S/C30H35ClN6O2/c1-22(38)32-14-18-37(30-27-9-13-33-29(27)34-21-35-30)25-7-4-5-23(19-25)20-39-26-11-16-36(17-12-26)15-10-24-6-2-3-8-28(24)31/h2-9,13,19,21,26H,10-12,14-18,20H2,1H3,(H,32,38)(H,33,34,35). The number of likely N-dealkylation sites (tertiary alicyclic amines) is 1. The van der Waals surface area contributed by atoms with Gasteiger partial charge >= 0.3 is 0 Å². The first-order valence-corrected chi connectivity index (χ1v) is 13.9. The number of hydrogen-bond donors (Lipinski definition) is 2. The van der Waals surface area contributed by atoms with Crippen LogP contribution in [-0.2, 0) is 22.6 Å². The molecule has 1 amide bonds. The number of nitrogens with zero attached hydrogens (tertiary/aromatic N) is 4. The molecule has 204 valence electrons. The third kappa shape index (κ3) is 7.15. The number of anilines is 2. The number of fused-ring (bicyclic) bond motifs is 1. The Morgan fingerprint density at radius 2 is 2.00 bits per heavy atom. The summed E-state index contributed by atoms with van der Waals surface area (Å²) < 4.78 is 6.36. The molecule has 0 unspecified atom stereocenters. The maximum absolute atomic E-state index is 11.5. The van der Waals surface area contributed by atoms with E-state index in [-0.39, 0.29) is 12.0 Å². The van der Waals surface area contributed by atoms with Crippen LogP contribution in [0, 0.1) is 0 Å². The molecule has 0 atom stereocenters. The van der Waals surface area contributed by atoms with Gasteiger partial charge in [-0.2, -0.15) is 0 Å². The Labute approximate surface area is 234 Å². The Hall–Kier alpha value is -3.46. The summed E-state index contributed by atoms with van der Waals surface area (Å²) in [6.45, 7) is 6.25. The molecule has 5 rings (SSSR count). The molecule has 0 spiro atoms. The minimum absolute atomic E-state index is 0.0542. The van der Waals surface area contributed by atoms with Crippen molar-refractivity contribution in [1.82, 2.24) is 25.2 Å². The molecule has 1 fully saturated rings. The summed E-state index contributed by atoms with van der Waals surface area (Å²) in [4.78, 5) is 28.2. The van der Waals surface area contributed by atoms with E-state index < -0.39 is 0 Å². The normalized spacial score (nSPS) is 14.5. The molecule has 0 saturated carbocycles. The lowest BCUT2D eigenvalue weighted by atomic mass is 10.1. The van der Waals surface area contributed by atoms with Crippen molar-refractivity contribution in [1.29, 1.82) is 0 Å². The Morgan fingerprint density at radius 3 is 2.82 bits per heavy atom. The highest BCUT2D eigenvalue weighted by atomic mass is 35.5. The molecule has 1 aliphatic heterocycles. The maximum Gasteiger partial charge on any atom is 0.216 e. The first kappa shape index (κ1) is 27.1. The number of halogens is 1. The number of hydrogen-bond acceptors (Lipinski definition) is 6. The van der Waals surface area contributed by atoms with Crippen molar-refractivity contribution >= 4 is 40.0 Å². The quantitative estimate of drug-likeness (QED) is 0.272. The van der Waals surface area contributed by atoms with Crippen molar-refractivity contribution in [3.8, 4) is 0 Å². The second kappa shape index (κ2) is 13.1. The van der Waals surface area contributed by atoms with Gasteiger partial charge in [0.1, 0.15) is 17.8 Å². The summed E-state index contributed by atoms with van der Waals surface area (Å²) in [6, 6.07) is 18.4. The fourth-order valence-electron chi connectivity index (χ4n) is 5.08. The number of aromatic nitrogens is 3. The third-order valence-electron chi connectivity index (χ3n) is 7.20. The maximum atomic E-state index is 11.5. The van der Waals surface area contributed by atoms with Crippen LogP contribution in [0.1, 0.15) is 30.9 Å². The number of rotatable bonds is 11. The van der Waals surface area contributed by atoms with E-state index in [1.165, 1.54) is 12.5 Å². The largest absolute Gasteiger partial charge is 0.373 e. The van der Waals surface area contributed by atoms with Gasteiger partial charge in [0.05, 0.1) is 18.1 Å². The minimum atomic E-state index is -0.0542. The van der Waals surface area contributed by atoms with Gasteiger partial charge in [0.25, 0.3) is 0 Å². The Balaban J connectivity index is 1.19. The molecule has 9 heteroatoms. The molecular weight excluding hydrogens is 512 g/mol. The van der Waals surface area contributed by atoms with Gasteiger partial charge in [-0.3, -0.25) is 4.79 Å². The highest BCUT2D eigenvalue weighted by molar-refractivity contribution is 6.31. The molecule has 1 saturated heterocycles. The van der Waals surface area contributed by atoms with Gasteiger partial charge < -0.3 is 24.8 Å². The highest BCUT2D eigenvalue weighted by Gasteiger charge is 2.20. The van der Waals surface area contributed by atoms with Crippen LogP contribution in [-0.4, -0.2) is 64.6 Å². The van der Waals surface area contributed by atoms with E-state index in [4.69, 9.17) is 16.3 Å². The molecule has 1 aliphatic rings. The Bertz CT molecular complexity index is 1380. The van der Waals surface area contributed by atoms with Gasteiger partial charge in [0, 0.05) is 56.6 Å². The summed E-state index contributed by atoms with van der Waals surface area (Å²) in [7, 11) is 0. The number of aromatic amines is 1. The number of H-pyrrole nitrogens is 1. The molecule has 8 nitrogen and oxygen atoms in total. The lowest BCUT2D eigenvalue weighted by molar-refractivity contribution is -0.118. The molecule has 2 N–H and O–H groups in total. The fourth-order valence-corrected chi connectivity index (χ4v) is 5.31. The molecule has 2 aromatic heterocycles. The fraction of sp³-hybridized carbons (Fsp3) is 0.367. The second-order valence-electron chi connectivity index (χ2n) is 9.94. The van der Waals surface area contributed by atoms with Gasteiger partial charge in [0.2, 0.25) is 5.91 Å². The molecule has 0 radical (unpaired) electrons. The number of piperidine rings is 1. The van der Waals surface area contributed by atoms with E-state index in [1.807, 2.05) is 36.5 Å². The summed E-state index contributed by atoms with van der Waals surface area (Å²) >= 11 is 6.32. The van der Waals surface area contributed by atoms with Crippen LogP contribution in [0.3, 0.4) is 0 Å². The van der Waals surface area contributed by atoms with Gasteiger partial charge in [-0.1, -0.05) is 41.9 Å². The van der Waals surface area contributed by atoms with Crippen molar-refractivity contribution in [2.24, 2.45) is 0 Å². The van der Waals surface area contributed by atoms with Crippen molar-refractivity contribution in [3.05, 3.63) is 83.3 Å². The number of amides is 1.